The number of ether oxygens (including phenoxy) is 1. The van der Waals surface area contributed by atoms with E-state index in [1.54, 1.807) is 13.8 Å². The Bertz CT molecular complexity index is 237. The molecule has 0 aliphatic carbocycles. The number of hydrogen-bond donors (Lipinski definition) is 3. The minimum absolute atomic E-state index is 0.410. The van der Waals surface area contributed by atoms with Crippen molar-refractivity contribution in [3.63, 3.8) is 0 Å². The third-order valence-electron chi connectivity index (χ3n) is 2.39. The molecule has 1 amide bonds. The van der Waals surface area contributed by atoms with E-state index in [4.69, 9.17) is 14.9 Å². The average Bonchev–Trinajstić information content (AvgIpc) is 2.23. The van der Waals surface area contributed by atoms with Crippen molar-refractivity contribution in [2.24, 2.45) is 0 Å². The fourth-order valence-electron chi connectivity index (χ4n) is 0.894. The molecule has 0 aliphatic rings. The highest BCUT2D eigenvalue weighted by atomic mass is 16.5. The molecule has 0 aliphatic heterocycles. The first-order chi connectivity index (χ1) is 6.91. The lowest BCUT2D eigenvalue weighted by Gasteiger charge is -2.26. The Morgan fingerprint density at radius 3 is 2.33 bits per heavy atom. The summed E-state index contributed by atoms with van der Waals surface area (Å²) in [6.45, 7) is 2.65. The maximum atomic E-state index is 11.6. The number of rotatable bonds is 6. The van der Waals surface area contributed by atoms with E-state index in [0.29, 0.717) is 6.42 Å². The summed E-state index contributed by atoms with van der Waals surface area (Å²) in [5, 5.41) is 19.5. The number of carboxylic acids is 1. The van der Waals surface area contributed by atoms with Gasteiger partial charge in [0.2, 0.25) is 0 Å². The molecule has 0 spiro atoms. The van der Waals surface area contributed by atoms with Crippen molar-refractivity contribution in [2.75, 3.05) is 13.7 Å². The Kier molecular flexibility index (Phi) is 5.24. The van der Waals surface area contributed by atoms with Gasteiger partial charge >= 0.3 is 5.97 Å². The van der Waals surface area contributed by atoms with Crippen LogP contribution in [-0.2, 0) is 14.3 Å². The minimum Gasteiger partial charge on any atom is -0.480 e. The molecule has 0 aromatic heterocycles. The molecule has 6 nitrogen and oxygen atoms in total. The summed E-state index contributed by atoms with van der Waals surface area (Å²) in [6, 6.07) is -1.29. The first-order valence-electron chi connectivity index (χ1n) is 4.61. The summed E-state index contributed by atoms with van der Waals surface area (Å²) >= 11 is 0. The van der Waals surface area contributed by atoms with Crippen LogP contribution in [0.3, 0.4) is 0 Å². The zero-order chi connectivity index (χ0) is 12.1. The van der Waals surface area contributed by atoms with Gasteiger partial charge in [-0.15, -0.1) is 0 Å². The Labute approximate surface area is 88.2 Å². The second-order valence-electron chi connectivity index (χ2n) is 3.34. The van der Waals surface area contributed by atoms with Gasteiger partial charge < -0.3 is 20.3 Å². The van der Waals surface area contributed by atoms with Crippen LogP contribution in [0, 0.1) is 0 Å². The molecule has 1 unspecified atom stereocenters. The fraction of sp³-hybridized carbons (Fsp3) is 0.778. The van der Waals surface area contributed by atoms with E-state index < -0.39 is 30.1 Å². The normalized spacial score (nSPS) is 16.5. The molecule has 0 radical (unpaired) electrons. The third kappa shape index (κ3) is 3.49. The SMILES string of the molecule is CCC(C)(OC)C(=O)N[C@H](CO)C(=O)O. The van der Waals surface area contributed by atoms with Crippen molar-refractivity contribution in [1.82, 2.24) is 5.32 Å². The molecule has 3 N–H and O–H groups in total. The van der Waals surface area contributed by atoms with Gasteiger partial charge in [-0.1, -0.05) is 6.92 Å². The highest BCUT2D eigenvalue weighted by Gasteiger charge is 2.33. The van der Waals surface area contributed by atoms with Crippen molar-refractivity contribution < 1.29 is 24.5 Å². The van der Waals surface area contributed by atoms with Crippen LogP contribution < -0.4 is 5.32 Å². The molecule has 0 aromatic carbocycles. The Morgan fingerprint density at radius 2 is 2.07 bits per heavy atom. The molecular weight excluding hydrogens is 202 g/mol. The quantitative estimate of drug-likeness (QED) is 0.552. The maximum Gasteiger partial charge on any atom is 0.328 e. The van der Waals surface area contributed by atoms with E-state index in [2.05, 4.69) is 5.32 Å². The summed E-state index contributed by atoms with van der Waals surface area (Å²) in [7, 11) is 1.37. The van der Waals surface area contributed by atoms with Crippen LogP contribution in [0.25, 0.3) is 0 Å². The maximum absolute atomic E-state index is 11.6. The molecule has 0 heterocycles. The molecular formula is C9H17NO5. The van der Waals surface area contributed by atoms with Crippen LogP contribution in [0.15, 0.2) is 0 Å². The number of carbonyl (C=O) groups excluding carboxylic acids is 1. The van der Waals surface area contributed by atoms with Crippen molar-refractivity contribution in [3.8, 4) is 0 Å². The molecule has 6 heteroatoms. The van der Waals surface area contributed by atoms with Gasteiger partial charge in [0.05, 0.1) is 6.61 Å². The van der Waals surface area contributed by atoms with E-state index in [1.807, 2.05) is 0 Å². The van der Waals surface area contributed by atoms with Gasteiger partial charge in [-0.3, -0.25) is 4.79 Å². The number of aliphatic hydroxyl groups excluding tert-OH is 1. The van der Waals surface area contributed by atoms with Gasteiger partial charge in [-0.05, 0) is 13.3 Å². The molecule has 15 heavy (non-hydrogen) atoms. The molecule has 0 rings (SSSR count). The van der Waals surface area contributed by atoms with E-state index in [0.717, 1.165) is 0 Å². The molecule has 0 bridgehead atoms. The standard InChI is InChI=1S/C9H17NO5/c1-4-9(2,15-3)8(14)10-6(5-11)7(12)13/h6,11H,4-5H2,1-3H3,(H,10,14)(H,12,13)/t6-,9?/m1/s1. The summed E-state index contributed by atoms with van der Waals surface area (Å²) in [5.74, 6) is -1.82. The van der Waals surface area contributed by atoms with E-state index >= 15 is 0 Å². The second-order valence-corrected chi connectivity index (χ2v) is 3.34. The van der Waals surface area contributed by atoms with Gasteiger partial charge in [0, 0.05) is 7.11 Å². The molecule has 0 aromatic rings. The molecule has 0 saturated carbocycles. The van der Waals surface area contributed by atoms with E-state index in [-0.39, 0.29) is 0 Å². The summed E-state index contributed by atoms with van der Waals surface area (Å²) in [4.78, 5) is 22.1. The van der Waals surface area contributed by atoms with E-state index in [9.17, 15) is 9.59 Å². The van der Waals surface area contributed by atoms with Crippen LogP contribution in [0.5, 0.6) is 0 Å². The number of nitrogens with one attached hydrogen (secondary N) is 1. The first kappa shape index (κ1) is 13.9. The van der Waals surface area contributed by atoms with Crippen molar-refractivity contribution in [3.05, 3.63) is 0 Å². The predicted molar refractivity (Wildman–Crippen MR) is 52.4 cm³/mol. The summed E-state index contributed by atoms with van der Waals surface area (Å²) in [5.41, 5.74) is -1.07. The predicted octanol–water partition coefficient (Wildman–Crippen LogP) is -0.637. The van der Waals surface area contributed by atoms with Crippen LogP contribution in [0.4, 0.5) is 0 Å². The zero-order valence-electron chi connectivity index (χ0n) is 9.11. The van der Waals surface area contributed by atoms with Crippen LogP contribution in [0.1, 0.15) is 20.3 Å². The van der Waals surface area contributed by atoms with Crippen LogP contribution in [-0.4, -0.2) is 47.4 Å². The second kappa shape index (κ2) is 5.67. The number of methoxy groups -OCH3 is 1. The third-order valence-corrected chi connectivity index (χ3v) is 2.39. The minimum atomic E-state index is -1.29. The number of carboxylic acid groups (broad SMARTS) is 1. The number of carbonyl (C=O) groups is 2. The summed E-state index contributed by atoms with van der Waals surface area (Å²) in [6.07, 6.45) is 0.410. The van der Waals surface area contributed by atoms with Crippen LogP contribution in [0.2, 0.25) is 0 Å². The highest BCUT2D eigenvalue weighted by Crippen LogP contribution is 2.13. The van der Waals surface area contributed by atoms with Crippen molar-refractivity contribution >= 4 is 11.9 Å². The Hall–Kier alpha value is -1.14. The lowest BCUT2D eigenvalue weighted by atomic mass is 10.0. The largest absolute Gasteiger partial charge is 0.480 e. The fourth-order valence-corrected chi connectivity index (χ4v) is 0.894. The van der Waals surface area contributed by atoms with Gasteiger partial charge in [-0.2, -0.15) is 0 Å². The van der Waals surface area contributed by atoms with Crippen LogP contribution >= 0.6 is 0 Å². The summed E-state index contributed by atoms with van der Waals surface area (Å²) < 4.78 is 4.99. The molecule has 0 fully saturated rings. The van der Waals surface area contributed by atoms with Crippen molar-refractivity contribution in [1.29, 1.82) is 0 Å². The first-order valence-corrected chi connectivity index (χ1v) is 4.61. The number of aliphatic hydroxyl groups is 1. The highest BCUT2D eigenvalue weighted by molar-refractivity contribution is 5.89. The van der Waals surface area contributed by atoms with Gasteiger partial charge in [0.1, 0.15) is 11.6 Å². The van der Waals surface area contributed by atoms with E-state index in [1.165, 1.54) is 7.11 Å². The Balaban J connectivity index is 4.52. The molecule has 2 atom stereocenters. The monoisotopic (exact) mass is 219 g/mol. The Morgan fingerprint density at radius 1 is 1.53 bits per heavy atom. The molecule has 88 valence electrons. The smallest absolute Gasteiger partial charge is 0.328 e. The lowest BCUT2D eigenvalue weighted by Crippen LogP contribution is -2.52. The van der Waals surface area contributed by atoms with Gasteiger partial charge in [-0.25, -0.2) is 4.79 Å². The van der Waals surface area contributed by atoms with Gasteiger partial charge in [0.15, 0.2) is 0 Å². The lowest BCUT2D eigenvalue weighted by molar-refractivity contribution is -0.149. The average molecular weight is 219 g/mol. The number of amides is 1. The number of hydrogen-bond acceptors (Lipinski definition) is 4. The topological polar surface area (TPSA) is 95.9 Å². The van der Waals surface area contributed by atoms with Gasteiger partial charge in [0.25, 0.3) is 5.91 Å². The zero-order valence-corrected chi connectivity index (χ0v) is 9.11. The molecule has 0 saturated heterocycles. The van der Waals surface area contributed by atoms with Crippen molar-refractivity contribution in [2.45, 2.75) is 31.9 Å². The number of aliphatic carboxylic acids is 1.